The number of anilines is 2. The van der Waals surface area contributed by atoms with Gasteiger partial charge in [0, 0.05) is 31.1 Å². The van der Waals surface area contributed by atoms with Crippen LogP contribution in [-0.2, 0) is 4.74 Å². The Morgan fingerprint density at radius 1 is 1.05 bits per heavy atom. The predicted octanol–water partition coefficient (Wildman–Crippen LogP) is 3.89. The molecule has 0 radical (unpaired) electrons. The number of amides is 1. The first-order chi connectivity index (χ1) is 19.7. The standard InChI is InChI=1S/C28H27F2N3O8/c29-20-8-19-22(32(16-1-2-16)12-25(26(19)35)41-28(37)38)9-23(20)31-6-5-15(10-31)14-39-24-4-3-17(7-21(24)30)33-11-18(13-34)40-27(33)36/h3-4,7-9,12,15-16,18,34H,1-2,5-6,10-11,13-14H2,(H,37,38)/t15-,18+/m0/s1. The number of hydrogen-bond acceptors (Lipinski definition) is 8. The highest BCUT2D eigenvalue weighted by Gasteiger charge is 2.33. The van der Waals surface area contributed by atoms with Gasteiger partial charge in [0.1, 0.15) is 11.9 Å². The lowest BCUT2D eigenvalue weighted by atomic mass is 10.1. The third-order valence-corrected chi connectivity index (χ3v) is 7.61. The highest BCUT2D eigenvalue weighted by atomic mass is 19.1. The number of fused-ring (bicyclic) bond motifs is 1. The van der Waals surface area contributed by atoms with Gasteiger partial charge in [0.25, 0.3) is 0 Å². The zero-order valence-corrected chi connectivity index (χ0v) is 21.8. The number of benzene rings is 2. The molecule has 1 saturated carbocycles. The zero-order chi connectivity index (χ0) is 28.8. The van der Waals surface area contributed by atoms with Gasteiger partial charge in [0.05, 0.1) is 48.2 Å². The molecule has 11 nitrogen and oxygen atoms in total. The van der Waals surface area contributed by atoms with Crippen LogP contribution in [0.1, 0.15) is 25.3 Å². The van der Waals surface area contributed by atoms with Crippen molar-refractivity contribution in [2.24, 2.45) is 5.92 Å². The molecule has 2 aliphatic heterocycles. The number of aromatic nitrogens is 1. The number of halogens is 2. The van der Waals surface area contributed by atoms with Gasteiger partial charge in [0.15, 0.2) is 17.3 Å². The van der Waals surface area contributed by atoms with Gasteiger partial charge in [-0.15, -0.1) is 0 Å². The van der Waals surface area contributed by atoms with Gasteiger partial charge in [-0.2, -0.15) is 0 Å². The summed E-state index contributed by atoms with van der Waals surface area (Å²) in [7, 11) is 0. The minimum absolute atomic E-state index is 0.0168. The van der Waals surface area contributed by atoms with Gasteiger partial charge >= 0.3 is 12.2 Å². The molecule has 3 aromatic rings. The number of rotatable bonds is 8. The van der Waals surface area contributed by atoms with E-state index >= 15 is 4.39 Å². The monoisotopic (exact) mass is 571 g/mol. The van der Waals surface area contributed by atoms with Gasteiger partial charge in [-0.1, -0.05) is 0 Å². The van der Waals surface area contributed by atoms with E-state index in [2.05, 4.69) is 4.74 Å². The highest BCUT2D eigenvalue weighted by Crippen LogP contribution is 2.39. The Labute approximate surface area is 232 Å². The maximum Gasteiger partial charge on any atom is 0.511 e. The number of pyridine rings is 1. The number of aliphatic hydroxyl groups excluding tert-OH is 1. The van der Waals surface area contributed by atoms with E-state index in [0.717, 1.165) is 18.9 Å². The van der Waals surface area contributed by atoms with Crippen molar-refractivity contribution in [2.75, 3.05) is 42.6 Å². The second kappa shape index (κ2) is 10.5. The average molecular weight is 572 g/mol. The molecule has 216 valence electrons. The summed E-state index contributed by atoms with van der Waals surface area (Å²) in [5.41, 5.74) is 0.414. The summed E-state index contributed by atoms with van der Waals surface area (Å²) >= 11 is 0. The number of ether oxygens (including phenoxy) is 3. The first kappa shape index (κ1) is 26.8. The number of aliphatic hydroxyl groups is 1. The summed E-state index contributed by atoms with van der Waals surface area (Å²) in [6.45, 7) is 0.943. The summed E-state index contributed by atoms with van der Waals surface area (Å²) in [5.74, 6) is -1.64. The lowest BCUT2D eigenvalue weighted by Crippen LogP contribution is -2.25. The third-order valence-electron chi connectivity index (χ3n) is 7.61. The van der Waals surface area contributed by atoms with E-state index in [4.69, 9.17) is 14.6 Å². The van der Waals surface area contributed by atoms with Gasteiger partial charge in [-0.25, -0.2) is 18.4 Å². The van der Waals surface area contributed by atoms with Crippen molar-refractivity contribution in [3.05, 3.63) is 58.4 Å². The number of nitrogens with zero attached hydrogens (tertiary/aromatic N) is 3. The van der Waals surface area contributed by atoms with Crippen molar-refractivity contribution in [3.8, 4) is 11.5 Å². The van der Waals surface area contributed by atoms with E-state index in [1.165, 1.54) is 29.3 Å². The number of carbonyl (C=O) groups excluding carboxylic acids is 1. The first-order valence-corrected chi connectivity index (χ1v) is 13.3. The third kappa shape index (κ3) is 5.24. The molecule has 0 spiro atoms. The Kier molecular flexibility index (Phi) is 6.89. The van der Waals surface area contributed by atoms with Gasteiger partial charge in [-0.05, 0) is 43.5 Å². The molecule has 1 aromatic heterocycles. The van der Waals surface area contributed by atoms with E-state index < -0.39 is 35.4 Å². The van der Waals surface area contributed by atoms with Crippen LogP contribution in [-0.4, -0.2) is 66.0 Å². The SMILES string of the molecule is O=C(O)Oc1cn(C2CC2)c2cc(N3CC[C@H](COc4ccc(N5C[C@H](CO)OC5=O)cc4F)C3)c(F)cc2c1=O. The topological polar surface area (TPSA) is 131 Å². The molecule has 1 amide bonds. The first-order valence-electron chi connectivity index (χ1n) is 13.3. The zero-order valence-electron chi connectivity index (χ0n) is 21.8. The van der Waals surface area contributed by atoms with Crippen LogP contribution in [0.25, 0.3) is 10.9 Å². The van der Waals surface area contributed by atoms with Gasteiger partial charge in [-0.3, -0.25) is 9.69 Å². The molecule has 0 unspecified atom stereocenters. The lowest BCUT2D eigenvalue weighted by molar-refractivity contribution is 0.0963. The summed E-state index contributed by atoms with van der Waals surface area (Å²) in [6.07, 6.45) is 0.800. The quantitative estimate of drug-likeness (QED) is 0.387. The fraction of sp³-hybridized carbons (Fsp3) is 0.393. The molecule has 41 heavy (non-hydrogen) atoms. The molecule has 3 heterocycles. The maximum atomic E-state index is 15.3. The number of cyclic esters (lactones) is 1. The number of carboxylic acid groups (broad SMARTS) is 1. The van der Waals surface area contributed by atoms with Crippen molar-refractivity contribution in [1.29, 1.82) is 0 Å². The fourth-order valence-corrected chi connectivity index (χ4v) is 5.39. The predicted molar refractivity (Wildman–Crippen MR) is 142 cm³/mol. The molecule has 2 N–H and O–H groups in total. The Morgan fingerprint density at radius 3 is 2.54 bits per heavy atom. The van der Waals surface area contributed by atoms with Crippen molar-refractivity contribution >= 4 is 34.5 Å². The van der Waals surface area contributed by atoms with Crippen molar-refractivity contribution in [3.63, 3.8) is 0 Å². The van der Waals surface area contributed by atoms with E-state index in [1.807, 2.05) is 4.90 Å². The molecule has 2 aromatic carbocycles. The van der Waals surface area contributed by atoms with Crippen LogP contribution in [0.15, 0.2) is 41.3 Å². The Bertz CT molecular complexity index is 1590. The highest BCUT2D eigenvalue weighted by molar-refractivity contribution is 5.90. The molecule has 3 aliphatic rings. The fourth-order valence-electron chi connectivity index (χ4n) is 5.39. The molecule has 13 heteroatoms. The summed E-state index contributed by atoms with van der Waals surface area (Å²) in [5, 5.41) is 18.2. The van der Waals surface area contributed by atoms with Gasteiger partial charge in [0.2, 0.25) is 5.43 Å². The number of carbonyl (C=O) groups is 2. The Hall–Kier alpha value is -4.39. The summed E-state index contributed by atoms with van der Waals surface area (Å²) < 4.78 is 47.2. The van der Waals surface area contributed by atoms with Crippen LogP contribution >= 0.6 is 0 Å². The van der Waals surface area contributed by atoms with Crippen LogP contribution in [0.5, 0.6) is 11.5 Å². The summed E-state index contributed by atoms with van der Waals surface area (Å²) in [6, 6.07) is 6.95. The summed E-state index contributed by atoms with van der Waals surface area (Å²) in [4.78, 5) is 38.9. The molecule has 2 atom stereocenters. The average Bonchev–Trinajstić information content (AvgIpc) is 3.56. The van der Waals surface area contributed by atoms with E-state index in [-0.39, 0.29) is 48.6 Å². The molecule has 2 saturated heterocycles. The van der Waals surface area contributed by atoms with Crippen LogP contribution in [0.2, 0.25) is 0 Å². The Morgan fingerprint density at radius 2 is 1.85 bits per heavy atom. The number of hydrogen-bond donors (Lipinski definition) is 2. The second-order valence-corrected chi connectivity index (χ2v) is 10.5. The van der Waals surface area contributed by atoms with Crippen molar-refractivity contribution in [2.45, 2.75) is 31.4 Å². The van der Waals surface area contributed by atoms with Crippen molar-refractivity contribution < 1.29 is 42.8 Å². The molecule has 1 aliphatic carbocycles. The molecule has 0 bridgehead atoms. The van der Waals surface area contributed by atoms with Crippen LogP contribution in [0.3, 0.4) is 0 Å². The largest absolute Gasteiger partial charge is 0.511 e. The Balaban J connectivity index is 1.16. The van der Waals surface area contributed by atoms with Crippen LogP contribution < -0.4 is 24.7 Å². The minimum atomic E-state index is -1.62. The van der Waals surface area contributed by atoms with Crippen LogP contribution in [0, 0.1) is 17.6 Å². The molecular weight excluding hydrogens is 544 g/mol. The van der Waals surface area contributed by atoms with E-state index in [9.17, 15) is 23.9 Å². The van der Waals surface area contributed by atoms with Crippen LogP contribution in [0.4, 0.5) is 29.7 Å². The van der Waals surface area contributed by atoms with E-state index in [0.29, 0.717) is 36.4 Å². The minimum Gasteiger partial charge on any atom is -0.490 e. The molecular formula is C28H27F2N3O8. The van der Waals surface area contributed by atoms with Gasteiger partial charge < -0.3 is 33.9 Å². The van der Waals surface area contributed by atoms with E-state index in [1.54, 1.807) is 10.6 Å². The normalized spacial score (nSPS) is 20.5. The molecule has 6 rings (SSSR count). The molecule has 3 fully saturated rings. The lowest BCUT2D eigenvalue weighted by Gasteiger charge is -2.21. The maximum absolute atomic E-state index is 15.3. The van der Waals surface area contributed by atoms with Crippen molar-refractivity contribution in [1.82, 2.24) is 4.57 Å². The second-order valence-electron chi connectivity index (χ2n) is 10.5. The smallest absolute Gasteiger partial charge is 0.490 e.